The lowest BCUT2D eigenvalue weighted by Gasteiger charge is -2.27. The van der Waals surface area contributed by atoms with Crippen LogP contribution in [0.25, 0.3) is 0 Å². The smallest absolute Gasteiger partial charge is 0.128 e. The van der Waals surface area contributed by atoms with E-state index in [9.17, 15) is 8.78 Å². The third kappa shape index (κ3) is 3.56. The first-order valence-electron chi connectivity index (χ1n) is 7.10. The highest BCUT2D eigenvalue weighted by atomic mass is 35.5. The van der Waals surface area contributed by atoms with Gasteiger partial charge in [0.25, 0.3) is 0 Å². The second-order valence-electron chi connectivity index (χ2n) is 5.39. The number of hydrogen-bond acceptors (Lipinski definition) is 3. The fraction of sp³-hybridized carbons (Fsp3) is 0.400. The van der Waals surface area contributed by atoms with E-state index < -0.39 is 11.6 Å². The minimum absolute atomic E-state index is 0. The van der Waals surface area contributed by atoms with E-state index in [4.69, 9.17) is 5.73 Å². The molecule has 7 heteroatoms. The molecule has 1 aliphatic heterocycles. The van der Waals surface area contributed by atoms with Crippen molar-refractivity contribution in [1.29, 1.82) is 0 Å². The molecule has 0 spiro atoms. The summed E-state index contributed by atoms with van der Waals surface area (Å²) in [6.07, 6.45) is 5.66. The maximum atomic E-state index is 13.4. The van der Waals surface area contributed by atoms with Crippen LogP contribution < -0.4 is 10.6 Å². The van der Waals surface area contributed by atoms with Crippen molar-refractivity contribution in [2.75, 3.05) is 11.4 Å². The molecule has 0 radical (unpaired) electrons. The van der Waals surface area contributed by atoms with Crippen molar-refractivity contribution in [2.45, 2.75) is 32.0 Å². The van der Waals surface area contributed by atoms with Gasteiger partial charge in [-0.3, -0.25) is 4.68 Å². The van der Waals surface area contributed by atoms with Gasteiger partial charge in [0.05, 0.1) is 12.7 Å². The Hall–Kier alpha value is -1.66. The topological polar surface area (TPSA) is 47.1 Å². The number of anilines is 1. The number of rotatable bonds is 4. The van der Waals surface area contributed by atoms with Crippen LogP contribution in [-0.2, 0) is 13.1 Å². The van der Waals surface area contributed by atoms with Crippen molar-refractivity contribution in [3.05, 3.63) is 47.8 Å². The highest BCUT2D eigenvalue weighted by Gasteiger charge is 2.26. The van der Waals surface area contributed by atoms with E-state index >= 15 is 0 Å². The molecule has 0 unspecified atom stereocenters. The van der Waals surface area contributed by atoms with Crippen molar-refractivity contribution < 1.29 is 8.78 Å². The number of halogens is 3. The van der Waals surface area contributed by atoms with E-state index in [1.54, 1.807) is 6.20 Å². The molecule has 2 aromatic rings. The first-order valence-corrected chi connectivity index (χ1v) is 7.10. The maximum absolute atomic E-state index is 13.4. The number of nitrogens with zero attached hydrogens (tertiary/aromatic N) is 3. The first kappa shape index (κ1) is 16.7. The molecule has 0 bridgehead atoms. The van der Waals surface area contributed by atoms with Gasteiger partial charge >= 0.3 is 0 Å². The summed E-state index contributed by atoms with van der Waals surface area (Å²) >= 11 is 0. The number of benzene rings is 1. The summed E-state index contributed by atoms with van der Waals surface area (Å²) in [5.41, 5.74) is 7.16. The molecule has 120 valence electrons. The van der Waals surface area contributed by atoms with Crippen LogP contribution in [0, 0.1) is 11.6 Å². The van der Waals surface area contributed by atoms with Gasteiger partial charge in [-0.15, -0.1) is 12.4 Å². The van der Waals surface area contributed by atoms with E-state index in [1.165, 1.54) is 12.1 Å². The van der Waals surface area contributed by atoms with Gasteiger partial charge in [0.1, 0.15) is 11.6 Å². The molecule has 1 aliphatic rings. The fourth-order valence-electron chi connectivity index (χ4n) is 2.90. The lowest BCUT2D eigenvalue weighted by molar-refractivity contribution is 0.507. The Bertz CT molecular complexity index is 612. The summed E-state index contributed by atoms with van der Waals surface area (Å²) in [6.45, 7) is 1.96. The first-order chi connectivity index (χ1) is 10.2. The Morgan fingerprint density at radius 3 is 2.59 bits per heavy atom. The molecular formula is C15H19ClF2N4. The largest absolute Gasteiger partial charge is 0.367 e. The van der Waals surface area contributed by atoms with Crippen LogP contribution in [0.3, 0.4) is 0 Å². The van der Waals surface area contributed by atoms with Gasteiger partial charge in [-0.05, 0) is 25.0 Å². The van der Waals surface area contributed by atoms with Crippen LogP contribution in [0.5, 0.6) is 0 Å². The van der Waals surface area contributed by atoms with Crippen LogP contribution in [0.15, 0.2) is 30.6 Å². The average molecular weight is 329 g/mol. The Kier molecular flexibility index (Phi) is 5.37. The molecule has 2 heterocycles. The Balaban J connectivity index is 0.00000176. The third-order valence-corrected chi connectivity index (χ3v) is 3.88. The zero-order valence-electron chi connectivity index (χ0n) is 12.1. The molecular weight excluding hydrogens is 310 g/mol. The lowest BCUT2D eigenvalue weighted by Crippen LogP contribution is -2.33. The molecule has 0 saturated carbocycles. The number of aromatic nitrogens is 2. The Labute approximate surface area is 134 Å². The highest BCUT2D eigenvalue weighted by molar-refractivity contribution is 5.85. The van der Waals surface area contributed by atoms with Crippen molar-refractivity contribution >= 4 is 18.1 Å². The van der Waals surface area contributed by atoms with Gasteiger partial charge in [0.2, 0.25) is 0 Å². The van der Waals surface area contributed by atoms with Crippen LogP contribution in [0.2, 0.25) is 0 Å². The summed E-state index contributed by atoms with van der Waals surface area (Å²) in [5, 5.41) is 4.28. The fourth-order valence-corrected chi connectivity index (χ4v) is 2.90. The second-order valence-corrected chi connectivity index (χ2v) is 5.39. The van der Waals surface area contributed by atoms with Crippen molar-refractivity contribution in [3.8, 4) is 0 Å². The predicted octanol–water partition coefficient (Wildman–Crippen LogP) is 2.71. The number of nitrogens with two attached hydrogens (primary N) is 1. The molecule has 4 nitrogen and oxygen atoms in total. The van der Waals surface area contributed by atoms with Crippen LogP contribution in [0.4, 0.5) is 14.5 Å². The molecule has 2 N–H and O–H groups in total. The quantitative estimate of drug-likeness (QED) is 0.938. The second kappa shape index (κ2) is 7.07. The van der Waals surface area contributed by atoms with Crippen LogP contribution in [0.1, 0.15) is 18.4 Å². The normalized spacial score (nSPS) is 17.6. The van der Waals surface area contributed by atoms with Crippen molar-refractivity contribution in [2.24, 2.45) is 5.73 Å². The average Bonchev–Trinajstić information content (AvgIpc) is 3.07. The lowest BCUT2D eigenvalue weighted by atomic mass is 10.2. The molecule has 1 saturated heterocycles. The van der Waals surface area contributed by atoms with Gasteiger partial charge in [-0.25, -0.2) is 8.78 Å². The summed E-state index contributed by atoms with van der Waals surface area (Å²) in [5.74, 6) is -1.08. The third-order valence-electron chi connectivity index (χ3n) is 3.88. The monoisotopic (exact) mass is 328 g/mol. The van der Waals surface area contributed by atoms with Crippen LogP contribution in [-0.4, -0.2) is 22.4 Å². The van der Waals surface area contributed by atoms with Crippen molar-refractivity contribution in [1.82, 2.24) is 9.78 Å². The minimum atomic E-state index is -0.542. The molecule has 22 heavy (non-hydrogen) atoms. The van der Waals surface area contributed by atoms with E-state index in [2.05, 4.69) is 10.00 Å². The molecule has 1 fully saturated rings. The van der Waals surface area contributed by atoms with Gasteiger partial charge in [0.15, 0.2) is 0 Å². The SMILES string of the molecule is Cl.NCc1cnn(C[C@@H]2CCCN2c2cc(F)cc(F)c2)c1. The van der Waals surface area contributed by atoms with Gasteiger partial charge in [-0.1, -0.05) is 0 Å². The summed E-state index contributed by atoms with van der Waals surface area (Å²) in [6, 6.07) is 3.86. The molecule has 1 atom stereocenters. The van der Waals surface area contributed by atoms with E-state index in [0.717, 1.165) is 31.0 Å². The summed E-state index contributed by atoms with van der Waals surface area (Å²) in [7, 11) is 0. The van der Waals surface area contributed by atoms with Gasteiger partial charge in [0, 0.05) is 42.6 Å². The van der Waals surface area contributed by atoms with Gasteiger partial charge < -0.3 is 10.6 Å². The highest BCUT2D eigenvalue weighted by Crippen LogP contribution is 2.27. The number of hydrogen-bond donors (Lipinski definition) is 1. The van der Waals surface area contributed by atoms with Gasteiger partial charge in [-0.2, -0.15) is 5.10 Å². The Morgan fingerprint density at radius 2 is 1.95 bits per heavy atom. The zero-order chi connectivity index (χ0) is 14.8. The van der Waals surface area contributed by atoms with E-state index in [1.807, 2.05) is 10.9 Å². The minimum Gasteiger partial charge on any atom is -0.367 e. The van der Waals surface area contributed by atoms with E-state index in [-0.39, 0.29) is 18.4 Å². The summed E-state index contributed by atoms with van der Waals surface area (Å²) < 4.78 is 28.6. The Morgan fingerprint density at radius 1 is 1.23 bits per heavy atom. The molecule has 0 aliphatic carbocycles. The maximum Gasteiger partial charge on any atom is 0.128 e. The summed E-state index contributed by atoms with van der Waals surface area (Å²) in [4.78, 5) is 2.05. The standard InChI is InChI=1S/C15H18F2N4.ClH/c16-12-4-13(17)6-15(5-12)21-3-1-2-14(21)10-20-9-11(7-18)8-19-20;/h4-6,8-9,14H,1-3,7,10,18H2;1H/t14-;/m0./s1. The molecule has 1 aromatic heterocycles. The predicted molar refractivity (Wildman–Crippen MR) is 84.1 cm³/mol. The molecule has 0 amide bonds. The molecule has 1 aromatic carbocycles. The zero-order valence-corrected chi connectivity index (χ0v) is 12.9. The van der Waals surface area contributed by atoms with Crippen molar-refractivity contribution in [3.63, 3.8) is 0 Å². The van der Waals surface area contributed by atoms with Crippen LogP contribution >= 0.6 is 12.4 Å². The van der Waals surface area contributed by atoms with E-state index in [0.29, 0.717) is 18.8 Å². The molecule has 3 rings (SSSR count).